The smallest absolute Gasteiger partial charge is 0.387 e. The third-order valence-electron chi connectivity index (χ3n) is 3.25. The highest BCUT2D eigenvalue weighted by molar-refractivity contribution is 5.92. The van der Waals surface area contributed by atoms with Crippen molar-refractivity contribution in [1.82, 2.24) is 0 Å². The minimum atomic E-state index is -2.92. The maximum atomic E-state index is 12.1. The van der Waals surface area contributed by atoms with E-state index in [2.05, 4.69) is 10.1 Å². The average molecular weight is 365 g/mol. The highest BCUT2D eigenvalue weighted by atomic mass is 19.3. The van der Waals surface area contributed by atoms with E-state index in [9.17, 15) is 18.4 Å². The summed E-state index contributed by atoms with van der Waals surface area (Å²) in [5.74, 6) is -0.604. The Morgan fingerprint density at radius 3 is 2.42 bits per heavy atom. The van der Waals surface area contributed by atoms with E-state index < -0.39 is 25.1 Å². The summed E-state index contributed by atoms with van der Waals surface area (Å²) >= 11 is 0. The van der Waals surface area contributed by atoms with Crippen molar-refractivity contribution in [1.29, 1.82) is 0 Å². The van der Waals surface area contributed by atoms with Gasteiger partial charge in [0.1, 0.15) is 11.5 Å². The molecule has 0 atom stereocenters. The number of carbonyl (C=O) groups is 2. The molecule has 0 spiro atoms. The summed E-state index contributed by atoms with van der Waals surface area (Å²) in [5, 5.41) is 2.48. The van der Waals surface area contributed by atoms with Gasteiger partial charge >= 0.3 is 12.6 Å². The molecule has 2 aromatic carbocycles. The first-order valence-electron chi connectivity index (χ1n) is 7.60. The highest BCUT2D eigenvalue weighted by Crippen LogP contribution is 2.19. The molecule has 0 unspecified atom stereocenters. The van der Waals surface area contributed by atoms with Crippen LogP contribution in [0.25, 0.3) is 0 Å². The van der Waals surface area contributed by atoms with Gasteiger partial charge in [-0.1, -0.05) is 18.2 Å². The van der Waals surface area contributed by atoms with Gasteiger partial charge in [0.25, 0.3) is 5.91 Å². The lowest BCUT2D eigenvalue weighted by Crippen LogP contribution is -2.21. The van der Waals surface area contributed by atoms with Gasteiger partial charge in [-0.05, 0) is 30.3 Å². The fraction of sp³-hybridized carbons (Fsp3) is 0.222. The standard InChI is InChI=1S/C18H17F2NO5/c1-24-15-5-3-2-4-12(15)10-17(23)25-11-16(22)21-13-6-8-14(9-7-13)26-18(19)20/h2-9,18H,10-11H2,1H3,(H,21,22). The molecular weight excluding hydrogens is 348 g/mol. The molecule has 1 amide bonds. The number of rotatable bonds is 8. The molecule has 8 heteroatoms. The van der Waals surface area contributed by atoms with Crippen LogP contribution in [0.3, 0.4) is 0 Å². The lowest BCUT2D eigenvalue weighted by molar-refractivity contribution is -0.146. The normalized spacial score (nSPS) is 10.3. The Morgan fingerprint density at radius 2 is 1.77 bits per heavy atom. The van der Waals surface area contributed by atoms with Crippen LogP contribution in [0.2, 0.25) is 0 Å². The van der Waals surface area contributed by atoms with Gasteiger partial charge in [-0.25, -0.2) is 0 Å². The number of carbonyl (C=O) groups excluding carboxylic acids is 2. The summed E-state index contributed by atoms with van der Waals surface area (Å²) in [5.41, 5.74) is 1.01. The van der Waals surface area contributed by atoms with Crippen LogP contribution < -0.4 is 14.8 Å². The lowest BCUT2D eigenvalue weighted by Gasteiger charge is -2.09. The van der Waals surface area contributed by atoms with Crippen molar-refractivity contribution in [2.75, 3.05) is 19.0 Å². The Balaban J connectivity index is 1.80. The van der Waals surface area contributed by atoms with Crippen molar-refractivity contribution in [2.24, 2.45) is 0 Å². The van der Waals surface area contributed by atoms with E-state index in [1.165, 1.54) is 31.4 Å². The summed E-state index contributed by atoms with van der Waals surface area (Å²) in [6, 6.07) is 12.3. The number of hydrogen-bond donors (Lipinski definition) is 1. The first kappa shape index (κ1) is 19.2. The van der Waals surface area contributed by atoms with E-state index >= 15 is 0 Å². The van der Waals surface area contributed by atoms with E-state index in [4.69, 9.17) is 9.47 Å². The fourth-order valence-electron chi connectivity index (χ4n) is 2.12. The molecule has 0 aliphatic heterocycles. The Bertz CT molecular complexity index is 750. The third kappa shape index (κ3) is 6.04. The molecule has 1 N–H and O–H groups in total. The molecule has 0 bridgehead atoms. The van der Waals surface area contributed by atoms with Gasteiger partial charge in [-0.2, -0.15) is 8.78 Å². The highest BCUT2D eigenvalue weighted by Gasteiger charge is 2.12. The number of alkyl halides is 2. The van der Waals surface area contributed by atoms with Crippen molar-refractivity contribution >= 4 is 17.6 Å². The van der Waals surface area contributed by atoms with Crippen LogP contribution in [-0.4, -0.2) is 32.2 Å². The van der Waals surface area contributed by atoms with E-state index in [-0.39, 0.29) is 12.2 Å². The third-order valence-corrected chi connectivity index (χ3v) is 3.25. The Hall–Kier alpha value is -3.16. The monoisotopic (exact) mass is 365 g/mol. The van der Waals surface area contributed by atoms with Crippen LogP contribution in [0.5, 0.6) is 11.5 Å². The Labute approximate surface area is 148 Å². The van der Waals surface area contributed by atoms with E-state index in [0.717, 1.165) is 0 Å². The van der Waals surface area contributed by atoms with Crippen LogP contribution in [0.15, 0.2) is 48.5 Å². The molecule has 0 aliphatic carbocycles. The SMILES string of the molecule is COc1ccccc1CC(=O)OCC(=O)Nc1ccc(OC(F)F)cc1. The minimum absolute atomic E-state index is 0.0266. The summed E-state index contributed by atoms with van der Waals surface area (Å²) in [6.07, 6.45) is -0.0308. The van der Waals surface area contributed by atoms with Crippen LogP contribution >= 0.6 is 0 Å². The number of ether oxygens (including phenoxy) is 3. The first-order valence-corrected chi connectivity index (χ1v) is 7.60. The number of amides is 1. The van der Waals surface area contributed by atoms with Crippen molar-refractivity contribution < 1.29 is 32.6 Å². The maximum Gasteiger partial charge on any atom is 0.387 e. The van der Waals surface area contributed by atoms with Gasteiger partial charge in [-0.15, -0.1) is 0 Å². The Kier molecular flexibility index (Phi) is 6.90. The predicted octanol–water partition coefficient (Wildman–Crippen LogP) is 3.02. The van der Waals surface area contributed by atoms with Crippen LogP contribution in [0, 0.1) is 0 Å². The van der Waals surface area contributed by atoms with Crippen molar-refractivity contribution in [3.63, 3.8) is 0 Å². The molecule has 0 aromatic heterocycles. The van der Waals surface area contributed by atoms with Gasteiger partial charge in [0.15, 0.2) is 6.61 Å². The van der Waals surface area contributed by atoms with Crippen LogP contribution in [-0.2, 0) is 20.7 Å². The molecule has 26 heavy (non-hydrogen) atoms. The molecular formula is C18H17F2NO5. The maximum absolute atomic E-state index is 12.1. The molecule has 2 rings (SSSR count). The van der Waals surface area contributed by atoms with Crippen molar-refractivity contribution in [3.8, 4) is 11.5 Å². The zero-order valence-electron chi connectivity index (χ0n) is 13.9. The molecule has 0 radical (unpaired) electrons. The van der Waals surface area contributed by atoms with Crippen LogP contribution in [0.1, 0.15) is 5.56 Å². The van der Waals surface area contributed by atoms with Crippen molar-refractivity contribution in [3.05, 3.63) is 54.1 Å². The number of anilines is 1. The summed E-state index contributed by atoms with van der Waals surface area (Å²) in [7, 11) is 1.50. The lowest BCUT2D eigenvalue weighted by atomic mass is 10.1. The molecule has 0 fully saturated rings. The predicted molar refractivity (Wildman–Crippen MR) is 89.4 cm³/mol. The molecule has 0 heterocycles. The molecule has 2 aromatic rings. The second-order valence-electron chi connectivity index (χ2n) is 5.10. The van der Waals surface area contributed by atoms with Gasteiger partial charge < -0.3 is 19.5 Å². The zero-order valence-corrected chi connectivity index (χ0v) is 13.9. The fourth-order valence-corrected chi connectivity index (χ4v) is 2.12. The van der Waals surface area contributed by atoms with Gasteiger partial charge in [0.05, 0.1) is 13.5 Å². The number of para-hydroxylation sites is 1. The summed E-state index contributed by atoms with van der Waals surface area (Å²) < 4.78 is 38.4. The van der Waals surface area contributed by atoms with E-state index in [0.29, 0.717) is 17.0 Å². The number of methoxy groups -OCH3 is 1. The zero-order chi connectivity index (χ0) is 18.9. The van der Waals surface area contributed by atoms with E-state index in [1.54, 1.807) is 24.3 Å². The second-order valence-corrected chi connectivity index (χ2v) is 5.10. The number of nitrogens with one attached hydrogen (secondary N) is 1. The average Bonchev–Trinajstić information content (AvgIpc) is 2.62. The minimum Gasteiger partial charge on any atom is -0.496 e. The van der Waals surface area contributed by atoms with Crippen molar-refractivity contribution in [2.45, 2.75) is 13.0 Å². The number of hydrogen-bond acceptors (Lipinski definition) is 5. The number of esters is 1. The molecule has 138 valence electrons. The summed E-state index contributed by atoms with van der Waals surface area (Å²) in [6.45, 7) is -3.39. The largest absolute Gasteiger partial charge is 0.496 e. The number of benzene rings is 2. The van der Waals surface area contributed by atoms with Crippen LogP contribution in [0.4, 0.5) is 14.5 Å². The first-order chi connectivity index (χ1) is 12.5. The topological polar surface area (TPSA) is 73.9 Å². The van der Waals surface area contributed by atoms with Gasteiger partial charge in [0.2, 0.25) is 0 Å². The van der Waals surface area contributed by atoms with Gasteiger partial charge in [-0.3, -0.25) is 9.59 Å². The molecule has 0 aliphatic rings. The Morgan fingerprint density at radius 1 is 1.08 bits per heavy atom. The van der Waals surface area contributed by atoms with Gasteiger partial charge in [0, 0.05) is 11.3 Å². The molecule has 0 saturated heterocycles. The number of halogens is 2. The second kappa shape index (κ2) is 9.36. The summed E-state index contributed by atoms with van der Waals surface area (Å²) in [4.78, 5) is 23.6. The quantitative estimate of drug-likeness (QED) is 0.728. The molecule has 0 saturated carbocycles. The molecule has 6 nitrogen and oxygen atoms in total. The van der Waals surface area contributed by atoms with E-state index in [1.807, 2.05) is 0 Å².